The fourth-order valence-electron chi connectivity index (χ4n) is 2.82. The second kappa shape index (κ2) is 5.10. The fraction of sp³-hybridized carbons (Fsp3) is 0.667. The molecule has 0 radical (unpaired) electrons. The molecule has 0 aromatic heterocycles. The maximum Gasteiger partial charge on any atom is 0.329 e. The molecule has 1 unspecified atom stereocenters. The van der Waals surface area contributed by atoms with Gasteiger partial charge in [-0.1, -0.05) is 6.92 Å². The Morgan fingerprint density at radius 1 is 1.40 bits per heavy atom. The van der Waals surface area contributed by atoms with E-state index in [0.717, 1.165) is 4.90 Å². The average Bonchev–Trinajstić information content (AvgIpc) is 2.97. The maximum absolute atomic E-state index is 12.3. The number of carboxylic acids is 1. The quantitative estimate of drug-likeness (QED) is 0.670. The molecule has 4 amide bonds. The van der Waals surface area contributed by atoms with Gasteiger partial charge in [-0.05, 0) is 19.3 Å². The molecule has 2 heterocycles. The van der Waals surface area contributed by atoms with Crippen LogP contribution in [0.25, 0.3) is 0 Å². The minimum Gasteiger partial charge on any atom is -0.479 e. The van der Waals surface area contributed by atoms with Gasteiger partial charge in [0.1, 0.15) is 12.1 Å². The lowest BCUT2D eigenvalue weighted by atomic mass is 9.93. The molecule has 2 aliphatic rings. The first kappa shape index (κ1) is 14.3. The molecular weight excluding hydrogens is 266 g/mol. The number of amides is 4. The van der Waals surface area contributed by atoms with Gasteiger partial charge in [0.15, 0.2) is 0 Å². The molecule has 0 aromatic carbocycles. The Labute approximate surface area is 115 Å². The van der Waals surface area contributed by atoms with Crippen molar-refractivity contribution in [3.63, 3.8) is 0 Å². The van der Waals surface area contributed by atoms with Crippen molar-refractivity contribution in [2.45, 2.75) is 31.7 Å². The summed E-state index contributed by atoms with van der Waals surface area (Å²) in [6.45, 7) is 1.53. The Kier molecular flexibility index (Phi) is 3.65. The molecule has 0 saturated carbocycles. The van der Waals surface area contributed by atoms with Gasteiger partial charge in [-0.3, -0.25) is 14.5 Å². The van der Waals surface area contributed by atoms with E-state index in [-0.39, 0.29) is 6.54 Å². The first-order valence-electron chi connectivity index (χ1n) is 6.54. The third-order valence-corrected chi connectivity index (χ3v) is 4.00. The molecule has 110 valence electrons. The van der Waals surface area contributed by atoms with Gasteiger partial charge in [0, 0.05) is 6.54 Å². The summed E-state index contributed by atoms with van der Waals surface area (Å²) in [4.78, 5) is 48.7. The number of hydrogen-bond acceptors (Lipinski definition) is 4. The monoisotopic (exact) mass is 283 g/mol. The molecule has 2 saturated heterocycles. The minimum absolute atomic E-state index is 0.121. The van der Waals surface area contributed by atoms with E-state index in [1.807, 2.05) is 0 Å². The second-order valence-corrected chi connectivity index (χ2v) is 4.98. The first-order valence-corrected chi connectivity index (χ1v) is 6.54. The molecule has 8 nitrogen and oxygen atoms in total. The number of carbonyl (C=O) groups is 4. The Hall–Kier alpha value is -2.12. The molecular formula is C12H17N3O5. The van der Waals surface area contributed by atoms with Gasteiger partial charge in [0.05, 0.1) is 6.54 Å². The van der Waals surface area contributed by atoms with Crippen molar-refractivity contribution in [2.24, 2.45) is 0 Å². The van der Waals surface area contributed by atoms with Crippen LogP contribution in [0.1, 0.15) is 26.2 Å². The molecule has 2 aliphatic heterocycles. The number of hydrogen-bond donors (Lipinski definition) is 2. The lowest BCUT2D eigenvalue weighted by Gasteiger charge is -2.34. The number of carboxylic acid groups (broad SMARTS) is 1. The van der Waals surface area contributed by atoms with Gasteiger partial charge in [-0.2, -0.15) is 0 Å². The van der Waals surface area contributed by atoms with Crippen LogP contribution in [0.2, 0.25) is 0 Å². The summed E-state index contributed by atoms with van der Waals surface area (Å²) in [7, 11) is 0. The normalized spacial score (nSPS) is 26.1. The van der Waals surface area contributed by atoms with Crippen LogP contribution in [0.3, 0.4) is 0 Å². The van der Waals surface area contributed by atoms with Crippen molar-refractivity contribution >= 4 is 23.8 Å². The Morgan fingerprint density at radius 3 is 2.60 bits per heavy atom. The molecule has 0 spiro atoms. The van der Waals surface area contributed by atoms with Crippen LogP contribution >= 0.6 is 0 Å². The van der Waals surface area contributed by atoms with Gasteiger partial charge in [-0.25, -0.2) is 9.59 Å². The standard InChI is InChI=1S/C12H17N3O5/c1-2-12(10(18)19)4-3-5-15(12)9(17)7-14-8(16)6-13-11(14)20/h2-7H2,1H3,(H,13,20)(H,18,19). The van der Waals surface area contributed by atoms with E-state index in [1.54, 1.807) is 6.92 Å². The number of nitrogens with one attached hydrogen (secondary N) is 1. The van der Waals surface area contributed by atoms with Crippen LogP contribution in [-0.4, -0.2) is 63.9 Å². The van der Waals surface area contributed by atoms with Crippen molar-refractivity contribution in [1.82, 2.24) is 15.1 Å². The Morgan fingerprint density at radius 2 is 2.10 bits per heavy atom. The van der Waals surface area contributed by atoms with E-state index in [1.165, 1.54) is 4.90 Å². The van der Waals surface area contributed by atoms with Crippen molar-refractivity contribution in [3.05, 3.63) is 0 Å². The van der Waals surface area contributed by atoms with Crippen LogP contribution in [0.15, 0.2) is 0 Å². The molecule has 0 aliphatic carbocycles. The van der Waals surface area contributed by atoms with Gasteiger partial charge in [-0.15, -0.1) is 0 Å². The van der Waals surface area contributed by atoms with Crippen molar-refractivity contribution in [1.29, 1.82) is 0 Å². The molecule has 0 aromatic rings. The average molecular weight is 283 g/mol. The lowest BCUT2D eigenvalue weighted by Crippen LogP contribution is -2.55. The van der Waals surface area contributed by atoms with Crippen LogP contribution < -0.4 is 5.32 Å². The predicted octanol–water partition coefficient (Wildman–Crippen LogP) is -0.606. The number of rotatable bonds is 4. The number of urea groups is 1. The Bertz CT molecular complexity index is 462. The van der Waals surface area contributed by atoms with Gasteiger partial charge in [0.2, 0.25) is 5.91 Å². The zero-order valence-corrected chi connectivity index (χ0v) is 11.2. The smallest absolute Gasteiger partial charge is 0.329 e. The van der Waals surface area contributed by atoms with E-state index < -0.39 is 35.9 Å². The third kappa shape index (κ3) is 2.10. The number of imide groups is 1. The Balaban J connectivity index is 2.14. The van der Waals surface area contributed by atoms with E-state index >= 15 is 0 Å². The molecule has 20 heavy (non-hydrogen) atoms. The molecule has 8 heteroatoms. The largest absolute Gasteiger partial charge is 0.479 e. The van der Waals surface area contributed by atoms with Crippen LogP contribution in [0.5, 0.6) is 0 Å². The molecule has 2 fully saturated rings. The lowest BCUT2D eigenvalue weighted by molar-refractivity contribution is -0.157. The highest BCUT2D eigenvalue weighted by Gasteiger charge is 2.49. The molecule has 2 N–H and O–H groups in total. The van der Waals surface area contributed by atoms with Crippen LogP contribution in [-0.2, 0) is 14.4 Å². The summed E-state index contributed by atoms with van der Waals surface area (Å²) in [6.07, 6.45) is 1.30. The predicted molar refractivity (Wildman–Crippen MR) is 66.7 cm³/mol. The highest BCUT2D eigenvalue weighted by molar-refractivity contribution is 6.04. The maximum atomic E-state index is 12.3. The highest BCUT2D eigenvalue weighted by atomic mass is 16.4. The topological polar surface area (TPSA) is 107 Å². The van der Waals surface area contributed by atoms with Crippen LogP contribution in [0, 0.1) is 0 Å². The van der Waals surface area contributed by atoms with E-state index in [2.05, 4.69) is 5.32 Å². The van der Waals surface area contributed by atoms with E-state index in [0.29, 0.717) is 25.8 Å². The summed E-state index contributed by atoms with van der Waals surface area (Å²) in [6, 6.07) is -0.611. The van der Waals surface area contributed by atoms with E-state index in [4.69, 9.17) is 0 Å². The minimum atomic E-state index is -1.21. The molecule has 1 atom stereocenters. The van der Waals surface area contributed by atoms with Crippen molar-refractivity contribution in [3.8, 4) is 0 Å². The van der Waals surface area contributed by atoms with Crippen molar-refractivity contribution < 1.29 is 24.3 Å². The van der Waals surface area contributed by atoms with Gasteiger partial charge in [0.25, 0.3) is 5.91 Å². The van der Waals surface area contributed by atoms with Gasteiger partial charge >= 0.3 is 12.0 Å². The number of carbonyl (C=O) groups excluding carboxylic acids is 3. The summed E-state index contributed by atoms with van der Waals surface area (Å²) in [5, 5.41) is 11.7. The van der Waals surface area contributed by atoms with E-state index in [9.17, 15) is 24.3 Å². The summed E-state index contributed by atoms with van der Waals surface area (Å²) in [5.41, 5.74) is -1.21. The molecule has 0 bridgehead atoms. The van der Waals surface area contributed by atoms with Gasteiger partial charge < -0.3 is 15.3 Å². The number of nitrogens with zero attached hydrogens (tertiary/aromatic N) is 2. The summed E-state index contributed by atoms with van der Waals surface area (Å²) < 4.78 is 0. The fourth-order valence-corrected chi connectivity index (χ4v) is 2.82. The summed E-state index contributed by atoms with van der Waals surface area (Å²) >= 11 is 0. The molecule has 2 rings (SSSR count). The summed E-state index contributed by atoms with van der Waals surface area (Å²) in [5.74, 6) is -2.01. The number of aliphatic carboxylic acids is 1. The number of likely N-dealkylation sites (tertiary alicyclic amines) is 1. The second-order valence-electron chi connectivity index (χ2n) is 4.98. The third-order valence-electron chi connectivity index (χ3n) is 4.00. The zero-order valence-electron chi connectivity index (χ0n) is 11.2. The zero-order chi connectivity index (χ0) is 14.9. The SMILES string of the molecule is CCC1(C(=O)O)CCCN1C(=O)CN1C(=O)CNC1=O. The van der Waals surface area contributed by atoms with Crippen LogP contribution in [0.4, 0.5) is 4.79 Å². The highest BCUT2D eigenvalue weighted by Crippen LogP contribution is 2.33. The van der Waals surface area contributed by atoms with Crippen molar-refractivity contribution in [2.75, 3.05) is 19.6 Å². The first-order chi connectivity index (χ1) is 9.42.